The average molecular weight is 245 g/mol. The van der Waals surface area contributed by atoms with Crippen molar-refractivity contribution >= 4 is 22.4 Å². The second-order valence-electron chi connectivity index (χ2n) is 3.00. The fourth-order valence-electron chi connectivity index (χ4n) is 1.12. The van der Waals surface area contributed by atoms with Gasteiger partial charge in [0.25, 0.3) is 0 Å². The molecule has 1 unspecified atom stereocenters. The smallest absolute Gasteiger partial charge is 0.211 e. The normalized spacial score (nSPS) is 23.6. The lowest BCUT2D eigenvalue weighted by Gasteiger charge is -2.14. The number of rotatable bonds is 3. The Hall–Kier alpha value is 0.120. The zero-order chi connectivity index (χ0) is 9.73. The molecule has 0 aromatic heterocycles. The number of sulfonamides is 1. The molecule has 1 aliphatic heterocycles. The van der Waals surface area contributed by atoms with Gasteiger partial charge in [0.05, 0.1) is 25.0 Å². The summed E-state index contributed by atoms with van der Waals surface area (Å²) in [6, 6.07) is -0.132. The van der Waals surface area contributed by atoms with E-state index < -0.39 is 10.0 Å². The Bertz CT molecular complexity index is 237. The van der Waals surface area contributed by atoms with Crippen LogP contribution in [0.25, 0.3) is 0 Å². The van der Waals surface area contributed by atoms with Crippen molar-refractivity contribution in [1.29, 1.82) is 0 Å². The van der Waals surface area contributed by atoms with E-state index in [0.29, 0.717) is 19.8 Å². The monoisotopic (exact) mass is 244 g/mol. The Kier molecular flexibility index (Phi) is 6.63. The van der Waals surface area contributed by atoms with E-state index >= 15 is 0 Å². The SMILES string of the molecule is CCS(=O)(=O)NC1CNCCOC1.Cl. The van der Waals surface area contributed by atoms with E-state index in [2.05, 4.69) is 10.0 Å². The predicted molar refractivity (Wildman–Crippen MR) is 57.3 cm³/mol. The van der Waals surface area contributed by atoms with Gasteiger partial charge in [-0.05, 0) is 6.92 Å². The molecule has 0 spiro atoms. The molecule has 1 fully saturated rings. The number of hydrogen-bond donors (Lipinski definition) is 2. The molecule has 0 saturated carbocycles. The molecule has 0 aromatic rings. The van der Waals surface area contributed by atoms with E-state index in [1.165, 1.54) is 0 Å². The molecule has 1 heterocycles. The lowest BCUT2D eigenvalue weighted by Crippen LogP contribution is -2.43. The summed E-state index contributed by atoms with van der Waals surface area (Å²) in [7, 11) is -3.11. The van der Waals surface area contributed by atoms with Crippen LogP contribution in [0.15, 0.2) is 0 Å². The fourth-order valence-corrected chi connectivity index (χ4v) is 1.94. The summed E-state index contributed by atoms with van der Waals surface area (Å²) >= 11 is 0. The summed E-state index contributed by atoms with van der Waals surface area (Å²) in [4.78, 5) is 0. The van der Waals surface area contributed by atoms with Crippen molar-refractivity contribution in [3.05, 3.63) is 0 Å². The Morgan fingerprint density at radius 1 is 1.57 bits per heavy atom. The largest absolute Gasteiger partial charge is 0.378 e. The summed E-state index contributed by atoms with van der Waals surface area (Å²) in [5.41, 5.74) is 0. The molecule has 7 heteroatoms. The molecule has 2 N–H and O–H groups in total. The first-order chi connectivity index (χ1) is 6.14. The van der Waals surface area contributed by atoms with Crippen molar-refractivity contribution in [2.45, 2.75) is 13.0 Å². The van der Waals surface area contributed by atoms with Crippen LogP contribution in [0.1, 0.15) is 6.92 Å². The van der Waals surface area contributed by atoms with Gasteiger partial charge in [0.1, 0.15) is 0 Å². The molecule has 1 aliphatic rings. The molecule has 0 bridgehead atoms. The minimum atomic E-state index is -3.11. The lowest BCUT2D eigenvalue weighted by atomic mass is 10.3. The third kappa shape index (κ3) is 5.11. The van der Waals surface area contributed by atoms with Crippen LogP contribution in [-0.2, 0) is 14.8 Å². The maximum absolute atomic E-state index is 11.2. The number of nitrogens with one attached hydrogen (secondary N) is 2. The van der Waals surface area contributed by atoms with Crippen molar-refractivity contribution in [2.24, 2.45) is 0 Å². The summed E-state index contributed by atoms with van der Waals surface area (Å²) in [6.07, 6.45) is 0. The standard InChI is InChI=1S/C7H16N2O3S.ClH/c1-2-13(10,11)9-7-5-8-3-4-12-6-7;/h7-9H,2-6H2,1H3;1H. The molecule has 1 atom stereocenters. The Balaban J connectivity index is 0.00000169. The highest BCUT2D eigenvalue weighted by Crippen LogP contribution is 1.93. The summed E-state index contributed by atoms with van der Waals surface area (Å²) in [6.45, 7) is 4.13. The van der Waals surface area contributed by atoms with E-state index in [-0.39, 0.29) is 24.2 Å². The first-order valence-electron chi connectivity index (χ1n) is 4.42. The Morgan fingerprint density at radius 2 is 2.29 bits per heavy atom. The van der Waals surface area contributed by atoms with E-state index in [4.69, 9.17) is 4.74 Å². The number of hydrogen-bond acceptors (Lipinski definition) is 4. The Labute approximate surface area is 91.1 Å². The topological polar surface area (TPSA) is 67.4 Å². The Morgan fingerprint density at radius 3 is 2.93 bits per heavy atom. The van der Waals surface area contributed by atoms with E-state index in [1.54, 1.807) is 6.92 Å². The van der Waals surface area contributed by atoms with Crippen LogP contribution < -0.4 is 10.0 Å². The van der Waals surface area contributed by atoms with Gasteiger partial charge in [-0.2, -0.15) is 0 Å². The minimum absolute atomic E-state index is 0. The van der Waals surface area contributed by atoms with Gasteiger partial charge in [-0.15, -0.1) is 12.4 Å². The van der Waals surface area contributed by atoms with E-state index in [1.807, 2.05) is 0 Å². The van der Waals surface area contributed by atoms with Crippen molar-refractivity contribution < 1.29 is 13.2 Å². The van der Waals surface area contributed by atoms with Crippen LogP contribution in [0.4, 0.5) is 0 Å². The second-order valence-corrected chi connectivity index (χ2v) is 5.04. The van der Waals surface area contributed by atoms with Gasteiger partial charge in [0.15, 0.2) is 0 Å². The molecular formula is C7H17ClN2O3S. The van der Waals surface area contributed by atoms with Gasteiger partial charge >= 0.3 is 0 Å². The van der Waals surface area contributed by atoms with Gasteiger partial charge < -0.3 is 10.1 Å². The number of ether oxygens (including phenoxy) is 1. The van der Waals surface area contributed by atoms with Crippen LogP contribution in [0.2, 0.25) is 0 Å². The highest BCUT2D eigenvalue weighted by Gasteiger charge is 2.17. The molecule has 14 heavy (non-hydrogen) atoms. The second kappa shape index (κ2) is 6.58. The molecule has 0 aromatic carbocycles. The number of halogens is 1. The van der Waals surface area contributed by atoms with E-state index in [9.17, 15) is 8.42 Å². The van der Waals surface area contributed by atoms with Gasteiger partial charge in [-0.1, -0.05) is 0 Å². The van der Waals surface area contributed by atoms with Crippen molar-refractivity contribution in [1.82, 2.24) is 10.0 Å². The third-order valence-electron chi connectivity index (χ3n) is 1.86. The first kappa shape index (κ1) is 14.1. The van der Waals surface area contributed by atoms with Crippen molar-refractivity contribution in [3.8, 4) is 0 Å². The van der Waals surface area contributed by atoms with Crippen LogP contribution in [0.3, 0.4) is 0 Å². The van der Waals surface area contributed by atoms with Gasteiger partial charge in [-0.25, -0.2) is 13.1 Å². The van der Waals surface area contributed by atoms with E-state index in [0.717, 1.165) is 6.54 Å². The average Bonchev–Trinajstić information content (AvgIpc) is 2.32. The molecule has 0 aliphatic carbocycles. The maximum Gasteiger partial charge on any atom is 0.211 e. The van der Waals surface area contributed by atoms with Crippen molar-refractivity contribution in [3.63, 3.8) is 0 Å². The zero-order valence-corrected chi connectivity index (χ0v) is 9.79. The first-order valence-corrected chi connectivity index (χ1v) is 6.08. The third-order valence-corrected chi connectivity index (χ3v) is 3.31. The zero-order valence-electron chi connectivity index (χ0n) is 8.15. The summed E-state index contributed by atoms with van der Waals surface area (Å²) in [5, 5.41) is 3.09. The molecule has 86 valence electrons. The van der Waals surface area contributed by atoms with Gasteiger partial charge in [0, 0.05) is 13.1 Å². The highest BCUT2D eigenvalue weighted by atomic mass is 35.5. The molecule has 5 nitrogen and oxygen atoms in total. The van der Waals surface area contributed by atoms with Crippen molar-refractivity contribution in [2.75, 3.05) is 32.1 Å². The summed E-state index contributed by atoms with van der Waals surface area (Å²) in [5.74, 6) is 0.115. The molecule has 0 radical (unpaired) electrons. The van der Waals surface area contributed by atoms with Crippen LogP contribution in [-0.4, -0.2) is 46.5 Å². The minimum Gasteiger partial charge on any atom is -0.378 e. The van der Waals surface area contributed by atoms with Crippen LogP contribution in [0.5, 0.6) is 0 Å². The van der Waals surface area contributed by atoms with Gasteiger partial charge in [-0.3, -0.25) is 0 Å². The highest BCUT2D eigenvalue weighted by molar-refractivity contribution is 7.89. The fraction of sp³-hybridized carbons (Fsp3) is 1.00. The summed E-state index contributed by atoms with van der Waals surface area (Å²) < 4.78 is 30.1. The van der Waals surface area contributed by atoms with Crippen LogP contribution >= 0.6 is 12.4 Å². The lowest BCUT2D eigenvalue weighted by molar-refractivity contribution is 0.139. The molecular weight excluding hydrogens is 228 g/mol. The molecule has 1 saturated heterocycles. The maximum atomic E-state index is 11.2. The van der Waals surface area contributed by atoms with Gasteiger partial charge in [0.2, 0.25) is 10.0 Å². The molecule has 1 rings (SSSR count). The van der Waals surface area contributed by atoms with Crippen LogP contribution in [0, 0.1) is 0 Å². The molecule has 0 amide bonds. The quantitative estimate of drug-likeness (QED) is 0.692. The predicted octanol–water partition coefficient (Wildman–Crippen LogP) is -0.664.